The Morgan fingerprint density at radius 1 is 1.34 bits per heavy atom. The maximum atomic E-state index is 13.6. The van der Waals surface area contributed by atoms with Crippen molar-refractivity contribution in [2.24, 2.45) is 5.16 Å². The molecule has 2 heterocycles. The van der Waals surface area contributed by atoms with Gasteiger partial charge < -0.3 is 19.5 Å². The second kappa shape index (κ2) is 10.1. The minimum absolute atomic E-state index is 0.177. The number of carbonyl (C=O) groups is 2. The van der Waals surface area contributed by atoms with Crippen LogP contribution in [0.15, 0.2) is 52.7 Å². The molecule has 2 amide bonds. The molecule has 0 bridgehead atoms. The Kier molecular flexibility index (Phi) is 7.28. The Labute approximate surface area is 187 Å². The van der Waals surface area contributed by atoms with Gasteiger partial charge in [-0.05, 0) is 38.8 Å². The number of hydrogen-bond donors (Lipinski definition) is 1. The molecule has 2 atom stereocenters. The number of oxime groups is 1. The molecule has 32 heavy (non-hydrogen) atoms. The maximum Gasteiger partial charge on any atom is 0.255 e. The van der Waals surface area contributed by atoms with Gasteiger partial charge in [0, 0.05) is 31.1 Å². The van der Waals surface area contributed by atoms with Crippen molar-refractivity contribution in [1.82, 2.24) is 9.88 Å². The number of oxazole rings is 1. The van der Waals surface area contributed by atoms with Crippen LogP contribution in [-0.2, 0) is 20.8 Å². The van der Waals surface area contributed by atoms with Gasteiger partial charge in [-0.2, -0.15) is 0 Å². The monoisotopic (exact) mass is 436 g/mol. The van der Waals surface area contributed by atoms with Crippen molar-refractivity contribution in [1.29, 1.82) is 0 Å². The molecule has 8 heteroatoms. The molecule has 1 aliphatic heterocycles. The summed E-state index contributed by atoms with van der Waals surface area (Å²) < 4.78 is 5.30. The van der Waals surface area contributed by atoms with Crippen molar-refractivity contribution in [3.63, 3.8) is 0 Å². The molecule has 3 rings (SSSR count). The number of rotatable bonds is 8. The Hall–Kier alpha value is -3.64. The number of nitrogens with zero attached hydrogens (tertiary/aromatic N) is 3. The average Bonchev–Trinajstić information content (AvgIpc) is 3.39. The second-order valence-corrected chi connectivity index (χ2v) is 7.97. The van der Waals surface area contributed by atoms with Crippen LogP contribution in [0, 0.1) is 20.8 Å². The molecule has 1 aromatic heterocycles. The molecule has 0 spiro atoms. The van der Waals surface area contributed by atoms with Crippen molar-refractivity contribution >= 4 is 23.2 Å². The molecule has 0 radical (unpaired) electrons. The van der Waals surface area contributed by atoms with Crippen LogP contribution in [0.1, 0.15) is 35.8 Å². The van der Waals surface area contributed by atoms with Gasteiger partial charge in [0.1, 0.15) is 11.9 Å². The number of aryl methyl sites for hydroxylation is 3. The summed E-state index contributed by atoms with van der Waals surface area (Å²) in [6, 6.07) is 3.05. The molecule has 0 aliphatic carbocycles. The quantitative estimate of drug-likeness (QED) is 0.505. The standard InChI is InChI=1S/C24H28N4O4/c1-6-7-21(29)28(9-8-19-13-25-14-31-19)23(20-12-18(5)32-27-20)24(30)26-22-16(3)10-15(2)11-17(22)4/h7,10-11,13-14,18,23H,1,8-9,12H2,2-5H3,(H,26,30). The van der Waals surface area contributed by atoms with E-state index < -0.39 is 11.9 Å². The van der Waals surface area contributed by atoms with E-state index in [-0.39, 0.29) is 18.6 Å². The molecule has 0 fully saturated rings. The summed E-state index contributed by atoms with van der Waals surface area (Å²) in [4.78, 5) is 37.2. The van der Waals surface area contributed by atoms with Gasteiger partial charge in [-0.3, -0.25) is 9.59 Å². The zero-order chi connectivity index (χ0) is 23.3. The topological polar surface area (TPSA) is 97.0 Å². The zero-order valence-electron chi connectivity index (χ0n) is 18.8. The number of nitrogens with one attached hydrogen (secondary N) is 1. The predicted octanol–water partition coefficient (Wildman–Crippen LogP) is 3.48. The third kappa shape index (κ3) is 5.34. The molecule has 1 aromatic carbocycles. The number of benzene rings is 1. The van der Waals surface area contributed by atoms with Gasteiger partial charge in [0.15, 0.2) is 12.4 Å². The highest BCUT2D eigenvalue weighted by Crippen LogP contribution is 2.24. The van der Waals surface area contributed by atoms with E-state index in [0.717, 1.165) is 22.4 Å². The van der Waals surface area contributed by atoms with Crippen LogP contribution < -0.4 is 5.32 Å². The van der Waals surface area contributed by atoms with E-state index in [1.54, 1.807) is 6.20 Å². The van der Waals surface area contributed by atoms with E-state index in [0.29, 0.717) is 24.3 Å². The first-order chi connectivity index (χ1) is 15.3. The van der Waals surface area contributed by atoms with Gasteiger partial charge in [0.05, 0.1) is 11.9 Å². The Balaban J connectivity index is 1.95. The summed E-state index contributed by atoms with van der Waals surface area (Å²) in [6.07, 6.45) is 4.76. The van der Waals surface area contributed by atoms with Crippen LogP contribution >= 0.6 is 0 Å². The third-order valence-corrected chi connectivity index (χ3v) is 5.24. The number of carbonyl (C=O) groups excluding carboxylic acids is 2. The molecule has 0 saturated carbocycles. The highest BCUT2D eigenvalue weighted by Gasteiger charge is 2.37. The highest BCUT2D eigenvalue weighted by atomic mass is 16.6. The van der Waals surface area contributed by atoms with Gasteiger partial charge in [-0.15, -0.1) is 5.73 Å². The summed E-state index contributed by atoms with van der Waals surface area (Å²) in [5.74, 6) is -0.160. The number of aromatic nitrogens is 1. The second-order valence-electron chi connectivity index (χ2n) is 7.97. The number of anilines is 1. The summed E-state index contributed by atoms with van der Waals surface area (Å²) in [6.45, 7) is 11.5. The van der Waals surface area contributed by atoms with Crippen LogP contribution in [0.5, 0.6) is 0 Å². The molecule has 1 N–H and O–H groups in total. The summed E-state index contributed by atoms with van der Waals surface area (Å²) >= 11 is 0. The molecular weight excluding hydrogens is 408 g/mol. The number of amides is 2. The summed E-state index contributed by atoms with van der Waals surface area (Å²) in [5, 5.41) is 7.14. The maximum absolute atomic E-state index is 13.6. The fourth-order valence-electron chi connectivity index (χ4n) is 3.86. The molecule has 0 saturated heterocycles. The van der Waals surface area contributed by atoms with Gasteiger partial charge in [0.2, 0.25) is 0 Å². The lowest BCUT2D eigenvalue weighted by Crippen LogP contribution is -2.52. The minimum Gasteiger partial charge on any atom is -0.448 e. The highest BCUT2D eigenvalue weighted by molar-refractivity contribution is 6.15. The molecule has 2 unspecified atom stereocenters. The van der Waals surface area contributed by atoms with Crippen molar-refractivity contribution in [2.75, 3.05) is 11.9 Å². The summed E-state index contributed by atoms with van der Waals surface area (Å²) in [7, 11) is 0. The minimum atomic E-state index is -0.958. The number of hydrogen-bond acceptors (Lipinski definition) is 6. The Morgan fingerprint density at radius 3 is 2.62 bits per heavy atom. The van der Waals surface area contributed by atoms with E-state index in [1.165, 1.54) is 17.4 Å². The Morgan fingerprint density at radius 2 is 2.06 bits per heavy atom. The lowest BCUT2D eigenvalue weighted by atomic mass is 10.0. The van der Waals surface area contributed by atoms with Crippen molar-refractivity contribution in [3.8, 4) is 0 Å². The fraction of sp³-hybridized carbons (Fsp3) is 0.375. The molecule has 8 nitrogen and oxygen atoms in total. The first-order valence-electron chi connectivity index (χ1n) is 10.4. The van der Waals surface area contributed by atoms with Crippen LogP contribution in [0.3, 0.4) is 0 Å². The Bertz CT molecular complexity index is 1040. The van der Waals surface area contributed by atoms with Crippen molar-refractivity contribution < 1.29 is 18.8 Å². The SMILES string of the molecule is C=C=CC(=O)N(CCc1cnco1)C(C(=O)Nc1c(C)cc(C)cc1C)C1=NOC(C)C1. The molecule has 2 aromatic rings. The third-order valence-electron chi connectivity index (χ3n) is 5.24. The van der Waals surface area contributed by atoms with E-state index in [9.17, 15) is 9.59 Å². The van der Waals surface area contributed by atoms with Gasteiger partial charge in [-0.25, -0.2) is 4.98 Å². The van der Waals surface area contributed by atoms with Crippen molar-refractivity contribution in [3.05, 3.63) is 65.6 Å². The lowest BCUT2D eigenvalue weighted by molar-refractivity contribution is -0.132. The van der Waals surface area contributed by atoms with Crippen molar-refractivity contribution in [2.45, 2.75) is 52.7 Å². The lowest BCUT2D eigenvalue weighted by Gasteiger charge is -2.30. The van der Waals surface area contributed by atoms with E-state index in [4.69, 9.17) is 9.25 Å². The zero-order valence-corrected chi connectivity index (χ0v) is 18.8. The van der Waals surface area contributed by atoms with Crippen LogP contribution in [-0.4, -0.2) is 46.1 Å². The average molecular weight is 437 g/mol. The van der Waals surface area contributed by atoms with Crippen LogP contribution in [0.2, 0.25) is 0 Å². The normalized spacial score (nSPS) is 15.9. The predicted molar refractivity (Wildman–Crippen MR) is 121 cm³/mol. The largest absolute Gasteiger partial charge is 0.448 e. The summed E-state index contributed by atoms with van der Waals surface area (Å²) in [5.41, 5.74) is 6.71. The molecular formula is C24H28N4O4. The van der Waals surface area contributed by atoms with Crippen LogP contribution in [0.25, 0.3) is 0 Å². The van der Waals surface area contributed by atoms with Gasteiger partial charge in [-0.1, -0.05) is 29.4 Å². The first kappa shape index (κ1) is 23.0. The first-order valence-corrected chi connectivity index (χ1v) is 10.4. The van der Waals surface area contributed by atoms with E-state index in [1.807, 2.05) is 39.8 Å². The van der Waals surface area contributed by atoms with Gasteiger partial charge >= 0.3 is 0 Å². The van der Waals surface area contributed by atoms with Gasteiger partial charge in [0.25, 0.3) is 11.8 Å². The van der Waals surface area contributed by atoms with E-state index in [2.05, 4.69) is 27.8 Å². The van der Waals surface area contributed by atoms with E-state index >= 15 is 0 Å². The van der Waals surface area contributed by atoms with Crippen LogP contribution in [0.4, 0.5) is 5.69 Å². The smallest absolute Gasteiger partial charge is 0.255 e. The fourth-order valence-corrected chi connectivity index (χ4v) is 3.86. The molecule has 168 valence electrons. The molecule has 1 aliphatic rings.